The van der Waals surface area contributed by atoms with Crippen LogP contribution >= 0.6 is 0 Å². The van der Waals surface area contributed by atoms with Crippen LogP contribution in [-0.4, -0.2) is 32.5 Å². The molecule has 0 aliphatic rings. The highest BCUT2D eigenvalue weighted by Crippen LogP contribution is 2.29. The van der Waals surface area contributed by atoms with Crippen molar-refractivity contribution in [2.75, 3.05) is 0 Å². The molecule has 6 heteroatoms. The summed E-state index contributed by atoms with van der Waals surface area (Å²) in [5.41, 5.74) is 4.49. The third kappa shape index (κ3) is 2.77. The fourth-order valence-electron chi connectivity index (χ4n) is 3.07. The van der Waals surface area contributed by atoms with Gasteiger partial charge in [-0.25, -0.2) is 4.79 Å². The predicted octanol–water partition coefficient (Wildman–Crippen LogP) is 3.66. The Morgan fingerprint density at radius 2 is 1.92 bits per heavy atom. The summed E-state index contributed by atoms with van der Waals surface area (Å²) >= 11 is 0. The summed E-state index contributed by atoms with van der Waals surface area (Å²) in [5, 5.41) is 17.1. The summed E-state index contributed by atoms with van der Waals surface area (Å²) in [5.74, 6) is -1.01. The Morgan fingerprint density at radius 1 is 1.12 bits per heavy atom. The molecule has 0 fully saturated rings. The number of carboxylic acid groups (broad SMARTS) is 1. The van der Waals surface area contributed by atoms with E-state index < -0.39 is 5.97 Å². The number of hydrogen-bond donors (Lipinski definition) is 3. The van der Waals surface area contributed by atoms with Gasteiger partial charge in [0, 0.05) is 28.6 Å². The van der Waals surface area contributed by atoms with E-state index in [1.165, 1.54) is 12.1 Å². The molecule has 0 saturated carbocycles. The predicted molar refractivity (Wildman–Crippen MR) is 97.5 cm³/mol. The highest BCUT2D eigenvalue weighted by Gasteiger charge is 2.16. The van der Waals surface area contributed by atoms with Gasteiger partial charge >= 0.3 is 5.97 Å². The second-order valence-corrected chi connectivity index (χ2v) is 6.04. The van der Waals surface area contributed by atoms with E-state index in [4.69, 9.17) is 5.11 Å². The first-order chi connectivity index (χ1) is 12.7. The first kappa shape index (κ1) is 15.8. The minimum absolute atomic E-state index is 0.162. The second kappa shape index (κ2) is 6.33. The molecule has 4 rings (SSSR count). The molecule has 3 N–H and O–H groups in total. The lowest BCUT2D eigenvalue weighted by Gasteiger charge is -1.96. The molecule has 26 heavy (non-hydrogen) atoms. The Hall–Kier alpha value is -3.67. The minimum atomic E-state index is -1.01. The van der Waals surface area contributed by atoms with Gasteiger partial charge in [0.15, 0.2) is 6.29 Å². The zero-order chi connectivity index (χ0) is 18.1. The molecule has 0 radical (unpaired) electrons. The lowest BCUT2D eigenvalue weighted by atomic mass is 10.1. The number of benzene rings is 2. The summed E-state index contributed by atoms with van der Waals surface area (Å²) in [6.07, 6.45) is 1.47. The van der Waals surface area contributed by atoms with E-state index in [-0.39, 0.29) is 5.56 Å². The van der Waals surface area contributed by atoms with Gasteiger partial charge < -0.3 is 10.1 Å². The highest BCUT2D eigenvalue weighted by atomic mass is 16.4. The van der Waals surface area contributed by atoms with E-state index in [1.807, 2.05) is 36.4 Å². The summed E-state index contributed by atoms with van der Waals surface area (Å²) in [6.45, 7) is 0. The topological polar surface area (TPSA) is 98.8 Å². The maximum Gasteiger partial charge on any atom is 0.335 e. The molecule has 0 aliphatic heterocycles. The quantitative estimate of drug-likeness (QED) is 0.481. The van der Waals surface area contributed by atoms with Gasteiger partial charge in [-0.3, -0.25) is 9.89 Å². The molecule has 0 spiro atoms. The number of fused-ring (bicyclic) bond motifs is 1. The number of aromatic nitrogens is 3. The molecule has 0 aliphatic carbocycles. The first-order valence-electron chi connectivity index (χ1n) is 8.08. The normalized spacial score (nSPS) is 10.9. The second-order valence-electron chi connectivity index (χ2n) is 6.04. The van der Waals surface area contributed by atoms with E-state index in [2.05, 4.69) is 15.2 Å². The number of aromatic carboxylic acids is 1. The Morgan fingerprint density at radius 3 is 2.65 bits per heavy atom. The molecular weight excluding hydrogens is 330 g/mol. The molecule has 6 nitrogen and oxygen atoms in total. The molecule has 0 amide bonds. The lowest BCUT2D eigenvalue weighted by molar-refractivity contribution is 0.0697. The minimum Gasteiger partial charge on any atom is -0.478 e. The molecule has 2 aromatic carbocycles. The summed E-state index contributed by atoms with van der Waals surface area (Å²) < 4.78 is 0. The molecule has 2 aromatic heterocycles. The molecule has 128 valence electrons. The average Bonchev–Trinajstić information content (AvgIpc) is 3.25. The fourth-order valence-corrected chi connectivity index (χ4v) is 3.07. The van der Waals surface area contributed by atoms with Gasteiger partial charge in [0.25, 0.3) is 0 Å². The van der Waals surface area contributed by atoms with Crippen LogP contribution < -0.4 is 0 Å². The Balaban J connectivity index is 1.74. The van der Waals surface area contributed by atoms with Crippen LogP contribution in [0, 0.1) is 0 Å². The molecule has 0 atom stereocenters. The number of H-pyrrole nitrogens is 2. The number of hydrogen-bond acceptors (Lipinski definition) is 3. The molecule has 2 heterocycles. The van der Waals surface area contributed by atoms with Crippen LogP contribution in [0.5, 0.6) is 0 Å². The van der Waals surface area contributed by atoms with E-state index in [1.54, 1.807) is 6.07 Å². The largest absolute Gasteiger partial charge is 0.478 e. The number of nitrogens with zero attached hydrogens (tertiary/aromatic N) is 1. The standard InChI is InChI=1S/C20H15N3O3/c24-11-16-15-7-6-13(20(25)26)9-17(15)21-19(16)18-10-14(22-23-18)8-12-4-2-1-3-5-12/h1-7,9-11,21H,8H2,(H,22,23)(H,25,26). The zero-order valence-corrected chi connectivity index (χ0v) is 13.7. The van der Waals surface area contributed by atoms with Gasteiger partial charge in [0.05, 0.1) is 11.3 Å². The van der Waals surface area contributed by atoms with Gasteiger partial charge in [-0.2, -0.15) is 5.10 Å². The maximum absolute atomic E-state index is 11.6. The SMILES string of the molecule is O=Cc1c(-c2cc(Cc3ccccc3)[nH]n2)[nH]c2cc(C(=O)O)ccc12. The summed E-state index contributed by atoms with van der Waals surface area (Å²) in [4.78, 5) is 25.9. The number of carbonyl (C=O) groups excluding carboxylic acids is 1. The monoisotopic (exact) mass is 345 g/mol. The average molecular weight is 345 g/mol. The van der Waals surface area contributed by atoms with Crippen LogP contribution in [0.3, 0.4) is 0 Å². The number of aldehydes is 1. The molecule has 0 bridgehead atoms. The van der Waals surface area contributed by atoms with Crippen molar-refractivity contribution < 1.29 is 14.7 Å². The van der Waals surface area contributed by atoms with E-state index in [0.717, 1.165) is 17.5 Å². The first-order valence-corrected chi connectivity index (χ1v) is 8.08. The Bertz CT molecular complexity index is 1110. The Labute approximate surface area is 148 Å². The van der Waals surface area contributed by atoms with Gasteiger partial charge in [-0.05, 0) is 23.8 Å². The Kier molecular flexibility index (Phi) is 3.85. The number of carbonyl (C=O) groups is 2. The van der Waals surface area contributed by atoms with Crippen molar-refractivity contribution in [3.63, 3.8) is 0 Å². The van der Waals surface area contributed by atoms with Crippen molar-refractivity contribution in [2.45, 2.75) is 6.42 Å². The maximum atomic E-state index is 11.6. The molecule has 4 aromatic rings. The molecule has 0 unspecified atom stereocenters. The van der Waals surface area contributed by atoms with Crippen LogP contribution in [-0.2, 0) is 6.42 Å². The van der Waals surface area contributed by atoms with Gasteiger partial charge in [-0.15, -0.1) is 0 Å². The van der Waals surface area contributed by atoms with Crippen LogP contribution in [0.15, 0.2) is 54.6 Å². The molecule has 0 saturated heterocycles. The van der Waals surface area contributed by atoms with Crippen molar-refractivity contribution in [1.82, 2.24) is 15.2 Å². The highest BCUT2D eigenvalue weighted by molar-refractivity contribution is 6.05. The van der Waals surface area contributed by atoms with Crippen molar-refractivity contribution >= 4 is 23.2 Å². The number of aromatic amines is 2. The molecular formula is C20H15N3O3. The van der Waals surface area contributed by atoms with Crippen molar-refractivity contribution in [3.05, 3.63) is 77.0 Å². The number of nitrogens with one attached hydrogen (secondary N) is 2. The van der Waals surface area contributed by atoms with E-state index in [0.29, 0.717) is 34.3 Å². The zero-order valence-electron chi connectivity index (χ0n) is 13.7. The fraction of sp³-hybridized carbons (Fsp3) is 0.0500. The third-order valence-corrected chi connectivity index (χ3v) is 4.33. The van der Waals surface area contributed by atoms with Crippen LogP contribution in [0.1, 0.15) is 32.0 Å². The number of carboxylic acids is 1. The lowest BCUT2D eigenvalue weighted by Crippen LogP contribution is -1.94. The summed E-state index contributed by atoms with van der Waals surface area (Å²) in [7, 11) is 0. The smallest absolute Gasteiger partial charge is 0.335 e. The summed E-state index contributed by atoms with van der Waals surface area (Å²) in [6, 6.07) is 16.5. The van der Waals surface area contributed by atoms with Gasteiger partial charge in [0.2, 0.25) is 0 Å². The van der Waals surface area contributed by atoms with Crippen LogP contribution in [0.2, 0.25) is 0 Å². The number of rotatable bonds is 5. The van der Waals surface area contributed by atoms with Crippen molar-refractivity contribution in [2.24, 2.45) is 0 Å². The van der Waals surface area contributed by atoms with E-state index in [9.17, 15) is 9.59 Å². The van der Waals surface area contributed by atoms with Crippen molar-refractivity contribution in [1.29, 1.82) is 0 Å². The van der Waals surface area contributed by atoms with Crippen molar-refractivity contribution in [3.8, 4) is 11.4 Å². The third-order valence-electron chi connectivity index (χ3n) is 4.33. The van der Waals surface area contributed by atoms with Gasteiger partial charge in [-0.1, -0.05) is 36.4 Å². The van der Waals surface area contributed by atoms with Crippen LogP contribution in [0.25, 0.3) is 22.3 Å². The van der Waals surface area contributed by atoms with Gasteiger partial charge in [0.1, 0.15) is 5.69 Å². The van der Waals surface area contributed by atoms with Crippen LogP contribution in [0.4, 0.5) is 0 Å². The van der Waals surface area contributed by atoms with E-state index >= 15 is 0 Å².